The zero-order valence-electron chi connectivity index (χ0n) is 14.9. The fourth-order valence-corrected chi connectivity index (χ4v) is 3.94. The first-order valence-corrected chi connectivity index (χ1v) is 8.98. The lowest BCUT2D eigenvalue weighted by molar-refractivity contribution is 0.0695. The van der Waals surface area contributed by atoms with Crippen molar-refractivity contribution in [2.24, 2.45) is 5.73 Å². The number of carbonyl (C=O) groups is 1. The Bertz CT molecular complexity index is 1140. The van der Waals surface area contributed by atoms with Gasteiger partial charge in [-0.1, -0.05) is 0 Å². The number of carboxylic acid groups (broad SMARTS) is 1. The van der Waals surface area contributed by atoms with Gasteiger partial charge in [-0.2, -0.15) is 0 Å². The molecule has 28 heavy (non-hydrogen) atoms. The molecule has 1 fully saturated rings. The number of pyridine rings is 1. The molecule has 144 valence electrons. The van der Waals surface area contributed by atoms with E-state index in [1.165, 1.54) is 35.0 Å². The molecule has 4 rings (SSSR count). The Labute approximate surface area is 159 Å². The van der Waals surface area contributed by atoms with Crippen LogP contribution >= 0.6 is 0 Å². The van der Waals surface area contributed by atoms with Crippen molar-refractivity contribution in [3.8, 4) is 5.69 Å². The fraction of sp³-hybridized carbons (Fsp3) is 0.238. The maximum Gasteiger partial charge on any atom is 0.341 e. The molecule has 0 saturated heterocycles. The van der Waals surface area contributed by atoms with E-state index in [-0.39, 0.29) is 17.3 Å². The van der Waals surface area contributed by atoms with E-state index in [1.807, 2.05) is 0 Å². The van der Waals surface area contributed by atoms with E-state index in [9.17, 15) is 23.5 Å². The summed E-state index contributed by atoms with van der Waals surface area (Å²) in [7, 11) is 0. The molecule has 2 atom stereocenters. The molecule has 1 aliphatic carbocycles. The van der Waals surface area contributed by atoms with Crippen LogP contribution in [0, 0.1) is 11.6 Å². The van der Waals surface area contributed by atoms with Gasteiger partial charge in [-0.3, -0.25) is 4.79 Å². The normalized spacial score (nSPS) is 19.2. The monoisotopic (exact) mass is 384 g/mol. The average molecular weight is 384 g/mol. The fourth-order valence-electron chi connectivity index (χ4n) is 3.94. The molecule has 3 aromatic rings. The van der Waals surface area contributed by atoms with Gasteiger partial charge in [0, 0.05) is 23.3 Å². The van der Waals surface area contributed by atoms with Gasteiger partial charge in [0.25, 0.3) is 0 Å². The summed E-state index contributed by atoms with van der Waals surface area (Å²) in [5.41, 5.74) is 6.02. The SMILES string of the molecule is NC1CCC(c2cc3c(cc2F)c(=O)c(C(=O)O)cn3-c2ccc(F)cc2)C1. The molecule has 5 nitrogen and oxygen atoms in total. The van der Waals surface area contributed by atoms with Crippen LogP contribution in [-0.2, 0) is 0 Å². The van der Waals surface area contributed by atoms with Crippen LogP contribution < -0.4 is 11.2 Å². The molecule has 2 aromatic carbocycles. The Balaban J connectivity index is 2.02. The van der Waals surface area contributed by atoms with Crippen LogP contribution in [0.5, 0.6) is 0 Å². The molecule has 1 aliphatic rings. The number of carboxylic acids is 1. The van der Waals surface area contributed by atoms with Gasteiger partial charge in [-0.25, -0.2) is 13.6 Å². The minimum atomic E-state index is -1.41. The van der Waals surface area contributed by atoms with Gasteiger partial charge in [0.15, 0.2) is 0 Å². The molecule has 1 heterocycles. The van der Waals surface area contributed by atoms with Crippen molar-refractivity contribution in [1.82, 2.24) is 4.57 Å². The van der Waals surface area contributed by atoms with E-state index in [0.29, 0.717) is 23.2 Å². The molecule has 1 aromatic heterocycles. The van der Waals surface area contributed by atoms with E-state index in [2.05, 4.69) is 0 Å². The highest BCUT2D eigenvalue weighted by Gasteiger charge is 2.27. The number of aromatic nitrogens is 1. The standard InChI is InChI=1S/C21H18F2N2O3/c22-12-2-5-14(6-3-12)25-10-17(21(27)28)20(26)16-8-18(23)15(9-19(16)25)11-1-4-13(24)7-11/h2-3,5-6,8-11,13H,1,4,7,24H2,(H,27,28). The number of rotatable bonds is 3. The van der Waals surface area contributed by atoms with Crippen molar-refractivity contribution in [1.29, 1.82) is 0 Å². The Kier molecular flexibility index (Phi) is 4.47. The third kappa shape index (κ3) is 3.07. The summed E-state index contributed by atoms with van der Waals surface area (Å²) in [6, 6.07) is 8.11. The van der Waals surface area contributed by atoms with Gasteiger partial charge in [-0.15, -0.1) is 0 Å². The molecule has 0 aliphatic heterocycles. The van der Waals surface area contributed by atoms with Crippen LogP contribution in [0.25, 0.3) is 16.6 Å². The third-order valence-electron chi connectivity index (χ3n) is 5.37. The zero-order chi connectivity index (χ0) is 20.0. The topological polar surface area (TPSA) is 85.3 Å². The van der Waals surface area contributed by atoms with E-state index >= 15 is 0 Å². The molecule has 0 amide bonds. The van der Waals surface area contributed by atoms with Crippen molar-refractivity contribution in [2.45, 2.75) is 31.2 Å². The van der Waals surface area contributed by atoms with Crippen molar-refractivity contribution in [3.05, 3.63) is 75.6 Å². The Hall–Kier alpha value is -3.06. The first kappa shape index (κ1) is 18.3. The van der Waals surface area contributed by atoms with E-state index in [0.717, 1.165) is 18.9 Å². The van der Waals surface area contributed by atoms with Crippen LogP contribution in [0.3, 0.4) is 0 Å². The lowest BCUT2D eigenvalue weighted by Gasteiger charge is -2.17. The van der Waals surface area contributed by atoms with Crippen LogP contribution in [0.4, 0.5) is 8.78 Å². The number of benzene rings is 2. The van der Waals surface area contributed by atoms with Crippen LogP contribution in [-0.4, -0.2) is 21.7 Å². The van der Waals surface area contributed by atoms with Gasteiger partial charge >= 0.3 is 5.97 Å². The largest absolute Gasteiger partial charge is 0.477 e. The average Bonchev–Trinajstić information content (AvgIpc) is 3.09. The molecule has 3 N–H and O–H groups in total. The number of halogens is 2. The minimum Gasteiger partial charge on any atom is -0.477 e. The number of hydrogen-bond donors (Lipinski definition) is 2. The van der Waals surface area contributed by atoms with Crippen LogP contribution in [0.1, 0.15) is 41.1 Å². The predicted molar refractivity (Wildman–Crippen MR) is 101 cm³/mol. The van der Waals surface area contributed by atoms with Crippen molar-refractivity contribution >= 4 is 16.9 Å². The molecule has 0 bridgehead atoms. The summed E-state index contributed by atoms with van der Waals surface area (Å²) >= 11 is 0. The first-order valence-electron chi connectivity index (χ1n) is 8.98. The molecule has 1 saturated carbocycles. The summed E-state index contributed by atoms with van der Waals surface area (Å²) in [4.78, 5) is 24.1. The van der Waals surface area contributed by atoms with Gasteiger partial charge in [-0.05, 0) is 67.1 Å². The van der Waals surface area contributed by atoms with Gasteiger partial charge in [0.2, 0.25) is 5.43 Å². The number of hydrogen-bond acceptors (Lipinski definition) is 3. The highest BCUT2D eigenvalue weighted by molar-refractivity contribution is 5.93. The summed E-state index contributed by atoms with van der Waals surface area (Å²) < 4.78 is 29.6. The first-order chi connectivity index (χ1) is 13.3. The van der Waals surface area contributed by atoms with Gasteiger partial charge < -0.3 is 15.4 Å². The van der Waals surface area contributed by atoms with Crippen molar-refractivity contribution in [2.75, 3.05) is 0 Å². The summed E-state index contributed by atoms with van der Waals surface area (Å²) in [5, 5.41) is 9.35. The number of nitrogens with two attached hydrogens (primary N) is 1. The Morgan fingerprint density at radius 1 is 1.14 bits per heavy atom. The molecular formula is C21H18F2N2O3. The Morgan fingerprint density at radius 3 is 2.46 bits per heavy atom. The molecular weight excluding hydrogens is 366 g/mol. The van der Waals surface area contributed by atoms with Crippen molar-refractivity contribution in [3.63, 3.8) is 0 Å². The van der Waals surface area contributed by atoms with Crippen molar-refractivity contribution < 1.29 is 18.7 Å². The highest BCUT2D eigenvalue weighted by Crippen LogP contribution is 2.36. The third-order valence-corrected chi connectivity index (χ3v) is 5.37. The Morgan fingerprint density at radius 2 is 1.86 bits per heavy atom. The second-order valence-corrected chi connectivity index (χ2v) is 7.18. The van der Waals surface area contributed by atoms with E-state index in [1.54, 1.807) is 6.07 Å². The number of fused-ring (bicyclic) bond motifs is 1. The van der Waals surface area contributed by atoms with Gasteiger partial charge in [0.1, 0.15) is 17.2 Å². The quantitative estimate of drug-likeness (QED) is 0.723. The summed E-state index contributed by atoms with van der Waals surface area (Å²) in [5.74, 6) is -2.46. The number of aromatic carboxylic acids is 1. The zero-order valence-corrected chi connectivity index (χ0v) is 14.9. The maximum absolute atomic E-state index is 14.8. The molecule has 0 spiro atoms. The number of nitrogens with zero attached hydrogens (tertiary/aromatic N) is 1. The summed E-state index contributed by atoms with van der Waals surface area (Å²) in [6.45, 7) is 0. The predicted octanol–water partition coefficient (Wildman–Crippen LogP) is 3.56. The van der Waals surface area contributed by atoms with Gasteiger partial charge in [0.05, 0.1) is 5.52 Å². The smallest absolute Gasteiger partial charge is 0.341 e. The highest BCUT2D eigenvalue weighted by atomic mass is 19.1. The second kappa shape index (κ2) is 6.83. The molecule has 2 unspecified atom stereocenters. The van der Waals surface area contributed by atoms with Crippen LogP contribution in [0.15, 0.2) is 47.4 Å². The van der Waals surface area contributed by atoms with E-state index < -0.39 is 28.6 Å². The lowest BCUT2D eigenvalue weighted by atomic mass is 9.95. The summed E-state index contributed by atoms with van der Waals surface area (Å²) in [6.07, 6.45) is 3.39. The van der Waals surface area contributed by atoms with E-state index in [4.69, 9.17) is 5.73 Å². The van der Waals surface area contributed by atoms with Crippen LogP contribution in [0.2, 0.25) is 0 Å². The minimum absolute atomic E-state index is 0.00812. The lowest BCUT2D eigenvalue weighted by Crippen LogP contribution is -2.19. The molecule has 7 heteroatoms. The molecule has 0 radical (unpaired) electrons. The maximum atomic E-state index is 14.8. The second-order valence-electron chi connectivity index (χ2n) is 7.18.